The van der Waals surface area contributed by atoms with Gasteiger partial charge >= 0.3 is 0 Å². The van der Waals surface area contributed by atoms with Crippen molar-refractivity contribution < 1.29 is 19.0 Å². The van der Waals surface area contributed by atoms with E-state index in [1.54, 1.807) is 19.2 Å². The highest BCUT2D eigenvalue weighted by Crippen LogP contribution is 2.17. The molecular weight excluding hydrogens is 369 g/mol. The summed E-state index contributed by atoms with van der Waals surface area (Å²) in [4.78, 5) is 2.11. The van der Waals surface area contributed by atoms with Gasteiger partial charge < -0.3 is 14.6 Å². The van der Waals surface area contributed by atoms with E-state index in [0.29, 0.717) is 19.6 Å². The molecule has 0 spiro atoms. The Morgan fingerprint density at radius 1 is 0.862 bits per heavy atom. The summed E-state index contributed by atoms with van der Waals surface area (Å²) in [6.07, 6.45) is -0.665. The van der Waals surface area contributed by atoms with Crippen LogP contribution in [-0.2, 0) is 13.1 Å². The predicted molar refractivity (Wildman–Crippen MR) is 111 cm³/mol. The first-order valence-corrected chi connectivity index (χ1v) is 9.58. The number of hydrogen-bond acceptors (Lipinski definition) is 4. The van der Waals surface area contributed by atoms with Gasteiger partial charge in [-0.05, 0) is 47.5 Å². The molecule has 0 aliphatic heterocycles. The molecule has 1 N–H and O–H groups in total. The number of methoxy groups -OCH3 is 1. The molecule has 0 aromatic heterocycles. The number of rotatable bonds is 10. The lowest BCUT2D eigenvalue weighted by molar-refractivity contribution is 0.0628. The SMILES string of the molecule is COc1cccc(CN(Cc2ccc(F)cc2)C[C@@H](O)COc2ccccc2)c1. The number of halogens is 1. The molecule has 0 unspecified atom stereocenters. The Kier molecular flexibility index (Phi) is 7.61. The summed E-state index contributed by atoms with van der Waals surface area (Å²) < 4.78 is 24.2. The van der Waals surface area contributed by atoms with Crippen molar-refractivity contribution in [3.05, 3.63) is 95.8 Å². The fraction of sp³-hybridized carbons (Fsp3) is 0.250. The number of para-hydroxylation sites is 1. The van der Waals surface area contributed by atoms with Crippen molar-refractivity contribution in [1.82, 2.24) is 4.90 Å². The molecule has 0 fully saturated rings. The second-order valence-electron chi connectivity index (χ2n) is 6.93. The molecular formula is C24H26FNO3. The number of ether oxygens (including phenoxy) is 2. The van der Waals surface area contributed by atoms with Crippen LogP contribution >= 0.6 is 0 Å². The zero-order valence-corrected chi connectivity index (χ0v) is 16.5. The van der Waals surface area contributed by atoms with E-state index in [1.165, 1.54) is 12.1 Å². The van der Waals surface area contributed by atoms with E-state index in [4.69, 9.17) is 9.47 Å². The maximum Gasteiger partial charge on any atom is 0.123 e. The minimum atomic E-state index is -0.665. The van der Waals surface area contributed by atoms with Gasteiger partial charge in [-0.1, -0.05) is 42.5 Å². The highest BCUT2D eigenvalue weighted by molar-refractivity contribution is 5.28. The molecule has 4 nitrogen and oxygen atoms in total. The normalized spacial score (nSPS) is 12.0. The van der Waals surface area contributed by atoms with Crippen molar-refractivity contribution in [2.75, 3.05) is 20.3 Å². The Labute approximate surface area is 171 Å². The Bertz CT molecular complexity index is 871. The van der Waals surface area contributed by atoms with E-state index in [1.807, 2.05) is 54.6 Å². The molecule has 3 rings (SSSR count). The van der Waals surface area contributed by atoms with E-state index >= 15 is 0 Å². The molecule has 0 amide bonds. The molecule has 0 saturated heterocycles. The van der Waals surface area contributed by atoms with E-state index < -0.39 is 6.10 Å². The summed E-state index contributed by atoms with van der Waals surface area (Å²) in [7, 11) is 1.64. The monoisotopic (exact) mass is 395 g/mol. The molecule has 29 heavy (non-hydrogen) atoms. The van der Waals surface area contributed by atoms with Gasteiger partial charge in [-0.25, -0.2) is 4.39 Å². The molecule has 3 aromatic rings. The zero-order valence-electron chi connectivity index (χ0n) is 16.5. The van der Waals surface area contributed by atoms with Crippen LogP contribution in [0.3, 0.4) is 0 Å². The van der Waals surface area contributed by atoms with Crippen molar-refractivity contribution in [2.45, 2.75) is 19.2 Å². The lowest BCUT2D eigenvalue weighted by atomic mass is 10.1. The molecule has 0 radical (unpaired) electrons. The number of benzene rings is 3. The number of hydrogen-bond donors (Lipinski definition) is 1. The molecule has 0 heterocycles. The largest absolute Gasteiger partial charge is 0.497 e. The lowest BCUT2D eigenvalue weighted by Crippen LogP contribution is -2.35. The third-order valence-electron chi connectivity index (χ3n) is 4.51. The average molecular weight is 395 g/mol. The van der Waals surface area contributed by atoms with Gasteiger partial charge in [0.2, 0.25) is 0 Å². The van der Waals surface area contributed by atoms with E-state index in [2.05, 4.69) is 4.90 Å². The second-order valence-corrected chi connectivity index (χ2v) is 6.93. The van der Waals surface area contributed by atoms with Gasteiger partial charge in [-0.3, -0.25) is 4.90 Å². The zero-order chi connectivity index (χ0) is 20.5. The topological polar surface area (TPSA) is 41.9 Å². The van der Waals surface area contributed by atoms with Crippen molar-refractivity contribution >= 4 is 0 Å². The van der Waals surface area contributed by atoms with E-state index in [-0.39, 0.29) is 12.4 Å². The van der Waals surface area contributed by atoms with Crippen LogP contribution in [0.5, 0.6) is 11.5 Å². The summed E-state index contributed by atoms with van der Waals surface area (Å²) in [5, 5.41) is 10.5. The van der Waals surface area contributed by atoms with Gasteiger partial charge in [0.05, 0.1) is 7.11 Å². The Balaban J connectivity index is 1.66. The Morgan fingerprint density at radius 3 is 2.28 bits per heavy atom. The molecule has 0 bridgehead atoms. The minimum Gasteiger partial charge on any atom is -0.497 e. The first-order chi connectivity index (χ1) is 14.1. The second kappa shape index (κ2) is 10.6. The number of aliphatic hydroxyl groups excluding tert-OH is 1. The van der Waals surface area contributed by atoms with Crippen LogP contribution in [0.15, 0.2) is 78.9 Å². The van der Waals surface area contributed by atoms with E-state index in [0.717, 1.165) is 22.6 Å². The highest BCUT2D eigenvalue weighted by atomic mass is 19.1. The van der Waals surface area contributed by atoms with Crippen LogP contribution in [0.2, 0.25) is 0 Å². The molecule has 152 valence electrons. The molecule has 0 aliphatic rings. The molecule has 0 saturated carbocycles. The van der Waals surface area contributed by atoms with Crippen LogP contribution in [0.1, 0.15) is 11.1 Å². The molecule has 1 atom stereocenters. The fourth-order valence-electron chi connectivity index (χ4n) is 3.12. The quantitative estimate of drug-likeness (QED) is 0.557. The van der Waals surface area contributed by atoms with E-state index in [9.17, 15) is 9.50 Å². The molecule has 5 heteroatoms. The van der Waals surface area contributed by atoms with Gasteiger partial charge in [0.1, 0.15) is 30.0 Å². The third kappa shape index (κ3) is 6.89. The summed E-state index contributed by atoms with van der Waals surface area (Å²) in [6.45, 7) is 1.82. The van der Waals surface area contributed by atoms with Crippen LogP contribution < -0.4 is 9.47 Å². The molecule has 0 aliphatic carbocycles. The first kappa shape index (κ1) is 20.8. The van der Waals surface area contributed by atoms with Gasteiger partial charge in [0.15, 0.2) is 0 Å². The number of nitrogens with zero attached hydrogens (tertiary/aromatic N) is 1. The van der Waals surface area contributed by atoms with Crippen LogP contribution in [0.4, 0.5) is 4.39 Å². The Morgan fingerprint density at radius 2 is 1.55 bits per heavy atom. The predicted octanol–water partition coefficient (Wildman–Crippen LogP) is 4.28. The lowest BCUT2D eigenvalue weighted by Gasteiger charge is -2.25. The third-order valence-corrected chi connectivity index (χ3v) is 4.51. The van der Waals surface area contributed by atoms with Crippen molar-refractivity contribution in [3.8, 4) is 11.5 Å². The summed E-state index contributed by atoms with van der Waals surface area (Å²) >= 11 is 0. The Hall–Kier alpha value is -2.89. The maximum atomic E-state index is 13.2. The van der Waals surface area contributed by atoms with Gasteiger partial charge in [-0.15, -0.1) is 0 Å². The summed E-state index contributed by atoms with van der Waals surface area (Å²) in [5.74, 6) is 1.26. The van der Waals surface area contributed by atoms with Gasteiger partial charge in [0.25, 0.3) is 0 Å². The first-order valence-electron chi connectivity index (χ1n) is 9.58. The highest BCUT2D eigenvalue weighted by Gasteiger charge is 2.14. The molecule has 3 aromatic carbocycles. The van der Waals surface area contributed by atoms with Crippen molar-refractivity contribution in [1.29, 1.82) is 0 Å². The van der Waals surface area contributed by atoms with Gasteiger partial charge in [0, 0.05) is 19.6 Å². The maximum absolute atomic E-state index is 13.2. The fourth-order valence-corrected chi connectivity index (χ4v) is 3.12. The van der Waals surface area contributed by atoms with Crippen LogP contribution in [0.25, 0.3) is 0 Å². The van der Waals surface area contributed by atoms with Crippen molar-refractivity contribution in [2.24, 2.45) is 0 Å². The average Bonchev–Trinajstić information content (AvgIpc) is 2.75. The van der Waals surface area contributed by atoms with Crippen LogP contribution in [-0.4, -0.2) is 36.4 Å². The van der Waals surface area contributed by atoms with Gasteiger partial charge in [-0.2, -0.15) is 0 Å². The smallest absolute Gasteiger partial charge is 0.123 e. The summed E-state index contributed by atoms with van der Waals surface area (Å²) in [5.41, 5.74) is 2.05. The van der Waals surface area contributed by atoms with Crippen LogP contribution in [0, 0.1) is 5.82 Å². The summed E-state index contributed by atoms with van der Waals surface area (Å²) in [6, 6.07) is 23.7. The number of aliphatic hydroxyl groups is 1. The minimum absolute atomic E-state index is 0.196. The van der Waals surface area contributed by atoms with Crippen molar-refractivity contribution in [3.63, 3.8) is 0 Å². The standard InChI is InChI=1S/C24H26FNO3/c1-28-24-9-5-6-20(14-24)16-26(15-19-10-12-21(25)13-11-19)17-22(27)18-29-23-7-3-2-4-8-23/h2-14,22,27H,15-18H2,1H3/t22-/m1/s1.